The van der Waals surface area contributed by atoms with Crippen LogP contribution in [0.3, 0.4) is 0 Å². The number of carbonyl (C=O) groups is 1. The van der Waals surface area contributed by atoms with Crippen LogP contribution in [0.2, 0.25) is 0 Å². The zero-order valence-electron chi connectivity index (χ0n) is 11.9. The molecule has 0 aliphatic rings. The Morgan fingerprint density at radius 3 is 2.40 bits per heavy atom. The Bertz CT molecular complexity index is 528. The van der Waals surface area contributed by atoms with Crippen LogP contribution in [0.25, 0.3) is 0 Å². The summed E-state index contributed by atoms with van der Waals surface area (Å²) in [7, 11) is 0. The lowest BCUT2D eigenvalue weighted by Crippen LogP contribution is -2.23. The van der Waals surface area contributed by atoms with Gasteiger partial charge in [-0.2, -0.15) is 0 Å². The van der Waals surface area contributed by atoms with Gasteiger partial charge in [-0.3, -0.25) is 4.79 Å². The highest BCUT2D eigenvalue weighted by Crippen LogP contribution is 2.14. The molecular formula is C16H20N2O2. The minimum absolute atomic E-state index is 0.192. The number of hydrogen-bond donors (Lipinski definition) is 1. The first-order chi connectivity index (χ1) is 9.74. The average molecular weight is 272 g/mol. The lowest BCUT2D eigenvalue weighted by Gasteiger charge is -2.21. The van der Waals surface area contributed by atoms with Gasteiger partial charge in [0.15, 0.2) is 5.76 Å². The summed E-state index contributed by atoms with van der Waals surface area (Å²) in [6, 6.07) is 11.6. The second kappa shape index (κ2) is 6.80. The minimum Gasteiger partial charge on any atom is -0.459 e. The Labute approximate surface area is 119 Å². The van der Waals surface area contributed by atoms with Gasteiger partial charge in [-0.05, 0) is 43.7 Å². The lowest BCUT2D eigenvalue weighted by molar-refractivity contribution is 0.0923. The Hall–Kier alpha value is -2.23. The van der Waals surface area contributed by atoms with Gasteiger partial charge in [0.05, 0.1) is 6.26 Å². The molecule has 0 saturated carbocycles. The normalized spacial score (nSPS) is 10.3. The molecule has 0 aliphatic heterocycles. The molecule has 0 aliphatic carbocycles. The van der Waals surface area contributed by atoms with Crippen molar-refractivity contribution in [3.63, 3.8) is 0 Å². The van der Waals surface area contributed by atoms with Gasteiger partial charge >= 0.3 is 0 Å². The van der Waals surface area contributed by atoms with Gasteiger partial charge < -0.3 is 14.6 Å². The molecule has 2 rings (SSSR count). The van der Waals surface area contributed by atoms with E-state index in [9.17, 15) is 4.79 Å². The molecule has 0 unspecified atom stereocenters. The lowest BCUT2D eigenvalue weighted by atomic mass is 10.2. The van der Waals surface area contributed by atoms with E-state index in [-0.39, 0.29) is 5.91 Å². The summed E-state index contributed by atoms with van der Waals surface area (Å²) in [5, 5.41) is 2.83. The molecule has 0 saturated heterocycles. The molecule has 0 spiro atoms. The highest BCUT2D eigenvalue weighted by Gasteiger charge is 2.07. The fourth-order valence-corrected chi connectivity index (χ4v) is 2.09. The second-order valence-electron chi connectivity index (χ2n) is 4.50. The summed E-state index contributed by atoms with van der Waals surface area (Å²) in [6.45, 7) is 6.76. The largest absolute Gasteiger partial charge is 0.459 e. The number of furan rings is 1. The van der Waals surface area contributed by atoms with Crippen molar-refractivity contribution >= 4 is 11.6 Å². The van der Waals surface area contributed by atoms with Gasteiger partial charge in [0.2, 0.25) is 0 Å². The van der Waals surface area contributed by atoms with Gasteiger partial charge in [-0.15, -0.1) is 0 Å². The molecule has 1 aromatic carbocycles. The van der Waals surface area contributed by atoms with Crippen LogP contribution in [0.15, 0.2) is 47.1 Å². The summed E-state index contributed by atoms with van der Waals surface area (Å²) in [4.78, 5) is 14.0. The number of benzene rings is 1. The van der Waals surface area contributed by atoms with E-state index in [4.69, 9.17) is 4.42 Å². The predicted octanol–water partition coefficient (Wildman–Crippen LogP) is 3.06. The standard InChI is InChI=1S/C16H20N2O2/c1-3-18(4-2)14-9-7-13(8-10-14)12-17-16(19)15-6-5-11-20-15/h5-11H,3-4,12H2,1-2H3,(H,17,19). The number of carbonyl (C=O) groups excluding carboxylic acids is 1. The van der Waals surface area contributed by atoms with Gasteiger partial charge in [-0.25, -0.2) is 0 Å². The Kier molecular flexibility index (Phi) is 4.82. The van der Waals surface area contributed by atoms with Crippen molar-refractivity contribution in [2.45, 2.75) is 20.4 Å². The van der Waals surface area contributed by atoms with Crippen LogP contribution in [0.4, 0.5) is 5.69 Å². The maximum atomic E-state index is 11.7. The molecule has 106 valence electrons. The van der Waals surface area contributed by atoms with Crippen molar-refractivity contribution in [1.29, 1.82) is 0 Å². The zero-order chi connectivity index (χ0) is 14.4. The van der Waals surface area contributed by atoms with Crippen LogP contribution in [0, 0.1) is 0 Å². The maximum absolute atomic E-state index is 11.7. The van der Waals surface area contributed by atoms with Crippen molar-refractivity contribution in [1.82, 2.24) is 5.32 Å². The third kappa shape index (κ3) is 3.41. The molecule has 0 radical (unpaired) electrons. The van der Waals surface area contributed by atoms with Crippen molar-refractivity contribution < 1.29 is 9.21 Å². The van der Waals surface area contributed by atoms with E-state index >= 15 is 0 Å². The van der Waals surface area contributed by atoms with E-state index in [0.29, 0.717) is 12.3 Å². The topological polar surface area (TPSA) is 45.5 Å². The molecule has 1 N–H and O–H groups in total. The van der Waals surface area contributed by atoms with Gasteiger partial charge in [0.1, 0.15) is 0 Å². The maximum Gasteiger partial charge on any atom is 0.287 e. The second-order valence-corrected chi connectivity index (χ2v) is 4.50. The highest BCUT2D eigenvalue weighted by molar-refractivity contribution is 5.91. The van der Waals surface area contributed by atoms with Crippen molar-refractivity contribution in [2.24, 2.45) is 0 Å². The van der Waals surface area contributed by atoms with E-state index < -0.39 is 0 Å². The number of anilines is 1. The summed E-state index contributed by atoms with van der Waals surface area (Å²) >= 11 is 0. The highest BCUT2D eigenvalue weighted by atomic mass is 16.3. The Morgan fingerprint density at radius 2 is 1.85 bits per heavy atom. The number of nitrogens with zero attached hydrogens (tertiary/aromatic N) is 1. The first kappa shape index (κ1) is 14.2. The average Bonchev–Trinajstić information content (AvgIpc) is 3.01. The fraction of sp³-hybridized carbons (Fsp3) is 0.312. The van der Waals surface area contributed by atoms with Crippen LogP contribution in [0.5, 0.6) is 0 Å². The fourth-order valence-electron chi connectivity index (χ4n) is 2.09. The first-order valence-corrected chi connectivity index (χ1v) is 6.90. The van der Waals surface area contributed by atoms with E-state index in [1.807, 2.05) is 12.1 Å². The number of hydrogen-bond acceptors (Lipinski definition) is 3. The molecule has 4 heteroatoms. The van der Waals surface area contributed by atoms with Crippen LogP contribution in [-0.2, 0) is 6.54 Å². The molecule has 0 bridgehead atoms. The van der Waals surface area contributed by atoms with Crippen molar-refractivity contribution in [2.75, 3.05) is 18.0 Å². The Morgan fingerprint density at radius 1 is 1.15 bits per heavy atom. The van der Waals surface area contributed by atoms with E-state index in [1.165, 1.54) is 12.0 Å². The summed E-state index contributed by atoms with van der Waals surface area (Å²) in [5.74, 6) is 0.146. The van der Waals surface area contributed by atoms with Crippen LogP contribution in [0.1, 0.15) is 30.0 Å². The summed E-state index contributed by atoms with van der Waals surface area (Å²) in [6.07, 6.45) is 1.49. The number of rotatable bonds is 6. The Balaban J connectivity index is 1.92. The molecule has 1 aromatic heterocycles. The quantitative estimate of drug-likeness (QED) is 0.879. The SMILES string of the molecule is CCN(CC)c1ccc(CNC(=O)c2ccco2)cc1. The molecule has 4 nitrogen and oxygen atoms in total. The van der Waals surface area contributed by atoms with Gasteiger partial charge in [0, 0.05) is 25.3 Å². The third-order valence-electron chi connectivity index (χ3n) is 3.26. The molecule has 20 heavy (non-hydrogen) atoms. The monoisotopic (exact) mass is 272 g/mol. The summed E-state index contributed by atoms with van der Waals surface area (Å²) in [5.41, 5.74) is 2.27. The van der Waals surface area contributed by atoms with E-state index in [1.54, 1.807) is 12.1 Å². The van der Waals surface area contributed by atoms with Crippen LogP contribution in [-0.4, -0.2) is 19.0 Å². The van der Waals surface area contributed by atoms with Crippen molar-refractivity contribution in [3.8, 4) is 0 Å². The predicted molar refractivity (Wildman–Crippen MR) is 79.9 cm³/mol. The number of amides is 1. The molecule has 0 fully saturated rings. The van der Waals surface area contributed by atoms with Crippen LogP contribution < -0.4 is 10.2 Å². The molecule has 1 heterocycles. The van der Waals surface area contributed by atoms with E-state index in [2.05, 4.69) is 36.2 Å². The molecule has 2 aromatic rings. The summed E-state index contributed by atoms with van der Waals surface area (Å²) < 4.78 is 5.04. The molecule has 1 amide bonds. The first-order valence-electron chi connectivity index (χ1n) is 6.90. The molecule has 0 atom stereocenters. The smallest absolute Gasteiger partial charge is 0.287 e. The van der Waals surface area contributed by atoms with Crippen LogP contribution >= 0.6 is 0 Å². The minimum atomic E-state index is -0.192. The molecular weight excluding hydrogens is 252 g/mol. The third-order valence-corrected chi connectivity index (χ3v) is 3.26. The number of nitrogens with one attached hydrogen (secondary N) is 1. The van der Waals surface area contributed by atoms with Crippen molar-refractivity contribution in [3.05, 3.63) is 54.0 Å². The van der Waals surface area contributed by atoms with Gasteiger partial charge in [0.25, 0.3) is 5.91 Å². The zero-order valence-corrected chi connectivity index (χ0v) is 11.9. The van der Waals surface area contributed by atoms with Gasteiger partial charge in [-0.1, -0.05) is 12.1 Å². The van der Waals surface area contributed by atoms with E-state index in [0.717, 1.165) is 18.7 Å².